The number of carboxylic acids is 1. The molecule has 1 fully saturated rings. The Morgan fingerprint density at radius 1 is 1.08 bits per heavy atom. The first-order valence-corrected chi connectivity index (χ1v) is 8.24. The molecule has 1 amide bonds. The summed E-state index contributed by atoms with van der Waals surface area (Å²) < 4.78 is 11.0. The second-order valence-corrected chi connectivity index (χ2v) is 6.28. The van der Waals surface area contributed by atoms with Crippen LogP contribution in [0, 0.1) is 0 Å². The van der Waals surface area contributed by atoms with Crippen LogP contribution in [-0.2, 0) is 9.53 Å². The van der Waals surface area contributed by atoms with Crippen LogP contribution in [0.1, 0.15) is 34.8 Å². The molecule has 0 aliphatic carbocycles. The summed E-state index contributed by atoms with van der Waals surface area (Å²) in [7, 11) is 0. The van der Waals surface area contributed by atoms with E-state index in [2.05, 4.69) is 0 Å². The number of rotatable bonds is 4. The smallest absolute Gasteiger partial charge is 0.334 e. The van der Waals surface area contributed by atoms with Crippen molar-refractivity contribution in [1.29, 1.82) is 0 Å². The second-order valence-electron chi connectivity index (χ2n) is 6.28. The zero-order valence-corrected chi connectivity index (χ0v) is 14.5. The van der Waals surface area contributed by atoms with Gasteiger partial charge in [-0.3, -0.25) is 9.59 Å². The Morgan fingerprint density at radius 3 is 2.38 bits per heavy atom. The molecule has 7 heteroatoms. The van der Waals surface area contributed by atoms with Crippen molar-refractivity contribution in [3.8, 4) is 11.3 Å². The number of ether oxygens (including phenoxy) is 1. The lowest BCUT2D eigenvalue weighted by molar-refractivity contribution is -0.160. The Bertz CT molecular complexity index is 838. The summed E-state index contributed by atoms with van der Waals surface area (Å²) in [5.41, 5.74) is 1.34. The second kappa shape index (κ2) is 7.13. The van der Waals surface area contributed by atoms with E-state index in [1.807, 2.05) is 0 Å². The van der Waals surface area contributed by atoms with Gasteiger partial charge in [-0.25, -0.2) is 4.79 Å². The van der Waals surface area contributed by atoms with Crippen molar-refractivity contribution in [3.63, 3.8) is 0 Å². The first-order chi connectivity index (χ1) is 12.3. The number of morpholine rings is 1. The number of carbonyl (C=O) groups is 3. The van der Waals surface area contributed by atoms with Gasteiger partial charge in [0.15, 0.2) is 17.6 Å². The van der Waals surface area contributed by atoms with Crippen molar-refractivity contribution in [2.45, 2.75) is 26.1 Å². The Kier molecular flexibility index (Phi) is 4.90. The lowest BCUT2D eigenvalue weighted by atomic mass is 10.1. The average molecular weight is 357 g/mol. The van der Waals surface area contributed by atoms with E-state index >= 15 is 0 Å². The highest BCUT2D eigenvalue weighted by Crippen LogP contribution is 2.24. The molecule has 1 aliphatic rings. The molecule has 0 radical (unpaired) electrons. The third kappa shape index (κ3) is 3.67. The maximum absolute atomic E-state index is 12.6. The lowest BCUT2D eigenvalue weighted by Crippen LogP contribution is -2.51. The van der Waals surface area contributed by atoms with E-state index in [1.165, 1.54) is 11.8 Å². The Hall–Kier alpha value is -2.93. The molecule has 2 heterocycles. The van der Waals surface area contributed by atoms with Gasteiger partial charge in [0.2, 0.25) is 0 Å². The number of nitrogens with zero attached hydrogens (tertiary/aromatic N) is 1. The molecule has 2 atom stereocenters. The van der Waals surface area contributed by atoms with E-state index in [-0.39, 0.29) is 30.1 Å². The van der Waals surface area contributed by atoms with Crippen molar-refractivity contribution < 1.29 is 28.6 Å². The van der Waals surface area contributed by atoms with Gasteiger partial charge in [0.1, 0.15) is 5.76 Å². The van der Waals surface area contributed by atoms with E-state index < -0.39 is 12.1 Å². The molecule has 1 N–H and O–H groups in total. The Labute approximate surface area is 150 Å². The highest BCUT2D eigenvalue weighted by molar-refractivity contribution is 5.95. The topological polar surface area (TPSA) is 97.1 Å². The first-order valence-electron chi connectivity index (χ1n) is 8.24. The standard InChI is InChI=1S/C19H19NO6/c1-11-9-20(10-17(25-11)19(23)24)18(22)16-8-7-15(26-16)14-5-3-13(4-6-14)12(2)21/h3-8,11,17H,9-10H2,1-2H3,(H,23,24)/t11-,17?/m1/s1. The first kappa shape index (κ1) is 17.9. The summed E-state index contributed by atoms with van der Waals surface area (Å²) in [4.78, 5) is 36.6. The van der Waals surface area contributed by atoms with Crippen LogP contribution in [0.2, 0.25) is 0 Å². The number of furan rings is 1. The van der Waals surface area contributed by atoms with Crippen molar-refractivity contribution in [2.24, 2.45) is 0 Å². The number of ketones is 1. The van der Waals surface area contributed by atoms with Crippen LogP contribution in [0.25, 0.3) is 11.3 Å². The molecule has 1 aromatic heterocycles. The van der Waals surface area contributed by atoms with Crippen molar-refractivity contribution in [1.82, 2.24) is 4.90 Å². The van der Waals surface area contributed by atoms with E-state index in [9.17, 15) is 14.4 Å². The van der Waals surface area contributed by atoms with Crippen LogP contribution >= 0.6 is 0 Å². The molecule has 0 saturated carbocycles. The van der Waals surface area contributed by atoms with Gasteiger partial charge in [-0.2, -0.15) is 0 Å². The van der Waals surface area contributed by atoms with Crippen LogP contribution in [0.5, 0.6) is 0 Å². The minimum Gasteiger partial charge on any atom is -0.479 e. The summed E-state index contributed by atoms with van der Waals surface area (Å²) in [6.07, 6.45) is -1.42. The monoisotopic (exact) mass is 357 g/mol. The number of Topliss-reactive ketones (excluding diaryl/α,β-unsaturated/α-hetero) is 1. The average Bonchev–Trinajstić information content (AvgIpc) is 3.10. The molecule has 1 aliphatic heterocycles. The summed E-state index contributed by atoms with van der Waals surface area (Å²) in [5.74, 6) is -0.868. The van der Waals surface area contributed by atoms with Crippen LogP contribution in [-0.4, -0.2) is 53.0 Å². The summed E-state index contributed by atoms with van der Waals surface area (Å²) in [5, 5.41) is 9.13. The number of amides is 1. The van der Waals surface area contributed by atoms with E-state index in [4.69, 9.17) is 14.3 Å². The fourth-order valence-electron chi connectivity index (χ4n) is 2.89. The van der Waals surface area contributed by atoms with Gasteiger partial charge in [0.25, 0.3) is 5.91 Å². The molecule has 0 spiro atoms. The predicted molar refractivity (Wildman–Crippen MR) is 92.0 cm³/mol. The number of benzene rings is 1. The van der Waals surface area contributed by atoms with Crippen molar-refractivity contribution in [3.05, 3.63) is 47.7 Å². The molecular weight excluding hydrogens is 338 g/mol. The Morgan fingerprint density at radius 2 is 1.77 bits per heavy atom. The minimum atomic E-state index is -1.10. The number of hydrogen-bond acceptors (Lipinski definition) is 5. The highest BCUT2D eigenvalue weighted by atomic mass is 16.5. The van der Waals surface area contributed by atoms with Gasteiger partial charge < -0.3 is 19.2 Å². The van der Waals surface area contributed by atoms with Crippen LogP contribution < -0.4 is 0 Å². The molecule has 136 valence electrons. The van der Waals surface area contributed by atoms with Gasteiger partial charge in [0, 0.05) is 17.7 Å². The molecule has 1 saturated heterocycles. The third-order valence-electron chi connectivity index (χ3n) is 4.22. The Balaban J connectivity index is 1.77. The van der Waals surface area contributed by atoms with Crippen molar-refractivity contribution in [2.75, 3.05) is 13.1 Å². The van der Waals surface area contributed by atoms with E-state index in [0.717, 1.165) is 5.56 Å². The SMILES string of the molecule is CC(=O)c1ccc(-c2ccc(C(=O)N3CC(C(=O)O)O[C@H](C)C3)o2)cc1. The maximum Gasteiger partial charge on any atom is 0.334 e. The van der Waals surface area contributed by atoms with Gasteiger partial charge >= 0.3 is 5.97 Å². The maximum atomic E-state index is 12.6. The fourth-order valence-corrected chi connectivity index (χ4v) is 2.89. The summed E-state index contributed by atoms with van der Waals surface area (Å²) in [6.45, 7) is 3.49. The van der Waals surface area contributed by atoms with Gasteiger partial charge in [-0.15, -0.1) is 0 Å². The van der Waals surface area contributed by atoms with Crippen LogP contribution in [0.4, 0.5) is 0 Å². The number of carboxylic acid groups (broad SMARTS) is 1. The molecule has 0 bridgehead atoms. The van der Waals surface area contributed by atoms with E-state index in [1.54, 1.807) is 43.3 Å². The van der Waals surface area contributed by atoms with Gasteiger partial charge in [-0.05, 0) is 26.0 Å². The molecule has 1 unspecified atom stereocenters. The zero-order valence-electron chi connectivity index (χ0n) is 14.5. The molecule has 26 heavy (non-hydrogen) atoms. The lowest BCUT2D eigenvalue weighted by Gasteiger charge is -2.34. The number of hydrogen-bond donors (Lipinski definition) is 1. The van der Waals surface area contributed by atoms with Crippen LogP contribution in [0.3, 0.4) is 0 Å². The van der Waals surface area contributed by atoms with Crippen molar-refractivity contribution >= 4 is 17.7 Å². The summed E-state index contributed by atoms with van der Waals surface area (Å²) >= 11 is 0. The molecular formula is C19H19NO6. The normalized spacial score (nSPS) is 20.0. The zero-order chi connectivity index (χ0) is 18.8. The third-order valence-corrected chi connectivity index (χ3v) is 4.22. The quantitative estimate of drug-likeness (QED) is 0.844. The molecule has 3 rings (SSSR count). The largest absolute Gasteiger partial charge is 0.479 e. The number of carbonyl (C=O) groups excluding carboxylic acids is 2. The van der Waals surface area contributed by atoms with E-state index in [0.29, 0.717) is 17.9 Å². The molecule has 1 aromatic carbocycles. The molecule has 2 aromatic rings. The highest BCUT2D eigenvalue weighted by Gasteiger charge is 2.34. The van der Waals surface area contributed by atoms with Gasteiger partial charge in [0.05, 0.1) is 12.6 Å². The predicted octanol–water partition coefficient (Wildman–Crippen LogP) is 2.46. The fraction of sp³-hybridized carbons (Fsp3) is 0.316. The molecule has 7 nitrogen and oxygen atoms in total. The minimum absolute atomic E-state index is 0.0259. The summed E-state index contributed by atoms with van der Waals surface area (Å²) in [6, 6.07) is 10.1. The van der Waals surface area contributed by atoms with Crippen LogP contribution in [0.15, 0.2) is 40.8 Å². The number of aliphatic carboxylic acids is 1. The van der Waals surface area contributed by atoms with Gasteiger partial charge in [-0.1, -0.05) is 24.3 Å².